The summed E-state index contributed by atoms with van der Waals surface area (Å²) in [6.07, 6.45) is 2.33. The molecule has 1 unspecified atom stereocenters. The second-order valence-corrected chi connectivity index (χ2v) is 3.62. The largest absolute Gasteiger partial charge is 0.377 e. The molecule has 1 amide bonds. The standard InChI is InChI=1S/C10H20N2O2/c1-2-9-8-14-7-6-12(9)10(13)4-3-5-11/h9H,2-8,11H2,1H3. The third kappa shape index (κ3) is 2.96. The molecule has 0 aromatic heterocycles. The summed E-state index contributed by atoms with van der Waals surface area (Å²) in [7, 11) is 0. The van der Waals surface area contributed by atoms with E-state index in [-0.39, 0.29) is 11.9 Å². The van der Waals surface area contributed by atoms with Crippen molar-refractivity contribution in [1.29, 1.82) is 0 Å². The number of carbonyl (C=O) groups is 1. The monoisotopic (exact) mass is 200 g/mol. The van der Waals surface area contributed by atoms with Crippen LogP contribution < -0.4 is 5.73 Å². The minimum atomic E-state index is 0.227. The molecule has 4 nitrogen and oxygen atoms in total. The number of ether oxygens (including phenoxy) is 1. The molecule has 4 heteroatoms. The maximum absolute atomic E-state index is 11.7. The van der Waals surface area contributed by atoms with Crippen molar-refractivity contribution in [2.75, 3.05) is 26.3 Å². The topological polar surface area (TPSA) is 55.6 Å². The summed E-state index contributed by atoms with van der Waals surface area (Å²) in [6.45, 7) is 4.77. The first-order chi connectivity index (χ1) is 6.79. The Kier molecular flexibility index (Phi) is 4.90. The van der Waals surface area contributed by atoms with E-state index in [0.29, 0.717) is 26.2 Å². The molecule has 0 saturated carbocycles. The van der Waals surface area contributed by atoms with E-state index in [9.17, 15) is 4.79 Å². The van der Waals surface area contributed by atoms with Gasteiger partial charge < -0.3 is 15.4 Å². The average molecular weight is 200 g/mol. The highest BCUT2D eigenvalue weighted by molar-refractivity contribution is 5.76. The fourth-order valence-electron chi connectivity index (χ4n) is 1.72. The van der Waals surface area contributed by atoms with E-state index < -0.39 is 0 Å². The predicted molar refractivity (Wildman–Crippen MR) is 54.9 cm³/mol. The van der Waals surface area contributed by atoms with E-state index in [0.717, 1.165) is 19.4 Å². The van der Waals surface area contributed by atoms with E-state index in [4.69, 9.17) is 10.5 Å². The molecule has 1 heterocycles. The van der Waals surface area contributed by atoms with Crippen molar-refractivity contribution in [1.82, 2.24) is 4.90 Å². The zero-order valence-electron chi connectivity index (χ0n) is 8.87. The maximum atomic E-state index is 11.7. The number of nitrogens with zero attached hydrogens (tertiary/aromatic N) is 1. The van der Waals surface area contributed by atoms with Crippen LogP contribution in [0.25, 0.3) is 0 Å². The van der Waals surface area contributed by atoms with Gasteiger partial charge in [-0.1, -0.05) is 6.92 Å². The molecule has 1 saturated heterocycles. The van der Waals surface area contributed by atoms with E-state index in [1.54, 1.807) is 0 Å². The summed E-state index contributed by atoms with van der Waals surface area (Å²) in [5.41, 5.74) is 5.38. The van der Waals surface area contributed by atoms with Gasteiger partial charge in [0.25, 0.3) is 0 Å². The van der Waals surface area contributed by atoms with E-state index >= 15 is 0 Å². The Morgan fingerprint density at radius 3 is 3.07 bits per heavy atom. The fraction of sp³-hybridized carbons (Fsp3) is 0.900. The Labute approximate surface area is 85.4 Å². The van der Waals surface area contributed by atoms with Crippen LogP contribution in [0.2, 0.25) is 0 Å². The molecule has 1 fully saturated rings. The van der Waals surface area contributed by atoms with Gasteiger partial charge in [0.1, 0.15) is 0 Å². The van der Waals surface area contributed by atoms with Crippen LogP contribution >= 0.6 is 0 Å². The summed E-state index contributed by atoms with van der Waals surface area (Å²) in [5.74, 6) is 0.227. The van der Waals surface area contributed by atoms with Crippen LogP contribution in [0.4, 0.5) is 0 Å². The minimum absolute atomic E-state index is 0.227. The molecule has 0 radical (unpaired) electrons. The summed E-state index contributed by atoms with van der Waals surface area (Å²) in [6, 6.07) is 0.272. The normalized spacial score (nSPS) is 22.4. The zero-order valence-corrected chi connectivity index (χ0v) is 8.87. The van der Waals surface area contributed by atoms with Gasteiger partial charge in [-0.3, -0.25) is 4.79 Å². The fourth-order valence-corrected chi connectivity index (χ4v) is 1.72. The molecule has 14 heavy (non-hydrogen) atoms. The number of nitrogens with two attached hydrogens (primary N) is 1. The predicted octanol–water partition coefficient (Wildman–Crippen LogP) is 0.363. The molecule has 1 rings (SSSR count). The van der Waals surface area contributed by atoms with Gasteiger partial charge in [0.05, 0.1) is 19.3 Å². The van der Waals surface area contributed by atoms with Gasteiger partial charge in [0, 0.05) is 13.0 Å². The minimum Gasteiger partial charge on any atom is -0.377 e. The van der Waals surface area contributed by atoms with Crippen molar-refractivity contribution >= 4 is 5.91 Å². The SMILES string of the molecule is CCC1COCCN1C(=O)CCCN. The number of amides is 1. The van der Waals surface area contributed by atoms with Crippen LogP contribution in [0.15, 0.2) is 0 Å². The van der Waals surface area contributed by atoms with Crippen LogP contribution in [0.1, 0.15) is 26.2 Å². The molecular formula is C10H20N2O2. The number of carbonyl (C=O) groups excluding carboxylic acids is 1. The molecule has 0 aromatic carbocycles. The molecule has 1 atom stereocenters. The Hall–Kier alpha value is -0.610. The second kappa shape index (κ2) is 5.98. The van der Waals surface area contributed by atoms with E-state index in [1.165, 1.54) is 0 Å². The first-order valence-electron chi connectivity index (χ1n) is 5.36. The molecule has 0 aromatic rings. The molecular weight excluding hydrogens is 180 g/mol. The smallest absolute Gasteiger partial charge is 0.223 e. The molecule has 1 aliphatic heterocycles. The lowest BCUT2D eigenvalue weighted by atomic mass is 10.1. The zero-order chi connectivity index (χ0) is 10.4. The third-order valence-electron chi connectivity index (χ3n) is 2.61. The van der Waals surface area contributed by atoms with Crippen molar-refractivity contribution in [3.63, 3.8) is 0 Å². The highest BCUT2D eigenvalue weighted by Gasteiger charge is 2.24. The van der Waals surface area contributed by atoms with Crippen molar-refractivity contribution in [3.8, 4) is 0 Å². The number of hydrogen-bond donors (Lipinski definition) is 1. The Morgan fingerprint density at radius 1 is 1.64 bits per heavy atom. The van der Waals surface area contributed by atoms with Gasteiger partial charge >= 0.3 is 0 Å². The molecule has 0 spiro atoms. The van der Waals surface area contributed by atoms with Gasteiger partial charge in [0.2, 0.25) is 5.91 Å². The molecule has 1 aliphatic rings. The van der Waals surface area contributed by atoms with Crippen LogP contribution in [0.5, 0.6) is 0 Å². The van der Waals surface area contributed by atoms with Crippen molar-refractivity contribution in [2.45, 2.75) is 32.2 Å². The highest BCUT2D eigenvalue weighted by atomic mass is 16.5. The second-order valence-electron chi connectivity index (χ2n) is 3.62. The number of hydrogen-bond acceptors (Lipinski definition) is 3. The van der Waals surface area contributed by atoms with Crippen molar-refractivity contribution in [2.24, 2.45) is 5.73 Å². The quantitative estimate of drug-likeness (QED) is 0.713. The summed E-state index contributed by atoms with van der Waals surface area (Å²) in [4.78, 5) is 13.7. The number of rotatable bonds is 4. The lowest BCUT2D eigenvalue weighted by molar-refractivity contribution is -0.140. The van der Waals surface area contributed by atoms with E-state index in [1.807, 2.05) is 4.90 Å². The lowest BCUT2D eigenvalue weighted by Gasteiger charge is -2.35. The van der Waals surface area contributed by atoms with Gasteiger partial charge in [-0.2, -0.15) is 0 Å². The maximum Gasteiger partial charge on any atom is 0.223 e. The van der Waals surface area contributed by atoms with Crippen LogP contribution in [-0.2, 0) is 9.53 Å². The molecule has 82 valence electrons. The first kappa shape index (κ1) is 11.5. The third-order valence-corrected chi connectivity index (χ3v) is 2.61. The molecule has 0 aliphatic carbocycles. The Morgan fingerprint density at radius 2 is 2.43 bits per heavy atom. The molecule has 2 N–H and O–H groups in total. The first-order valence-corrected chi connectivity index (χ1v) is 5.36. The lowest BCUT2D eigenvalue weighted by Crippen LogP contribution is -2.48. The van der Waals surface area contributed by atoms with Crippen molar-refractivity contribution < 1.29 is 9.53 Å². The van der Waals surface area contributed by atoms with Crippen LogP contribution in [0, 0.1) is 0 Å². The van der Waals surface area contributed by atoms with Crippen LogP contribution in [0.3, 0.4) is 0 Å². The van der Waals surface area contributed by atoms with Crippen LogP contribution in [-0.4, -0.2) is 43.2 Å². The summed E-state index contributed by atoms with van der Waals surface area (Å²) in [5, 5.41) is 0. The average Bonchev–Trinajstić information content (AvgIpc) is 2.25. The highest BCUT2D eigenvalue weighted by Crippen LogP contribution is 2.12. The Balaban J connectivity index is 2.41. The van der Waals surface area contributed by atoms with Gasteiger partial charge in [-0.15, -0.1) is 0 Å². The number of morpholine rings is 1. The summed E-state index contributed by atoms with van der Waals surface area (Å²) < 4.78 is 5.34. The van der Waals surface area contributed by atoms with Gasteiger partial charge in [-0.25, -0.2) is 0 Å². The van der Waals surface area contributed by atoms with Gasteiger partial charge in [-0.05, 0) is 19.4 Å². The Bertz CT molecular complexity index is 185. The van der Waals surface area contributed by atoms with E-state index in [2.05, 4.69) is 6.92 Å². The summed E-state index contributed by atoms with van der Waals surface area (Å²) >= 11 is 0. The molecule has 0 bridgehead atoms. The van der Waals surface area contributed by atoms with Crippen molar-refractivity contribution in [3.05, 3.63) is 0 Å². The van der Waals surface area contributed by atoms with Gasteiger partial charge in [0.15, 0.2) is 0 Å².